The van der Waals surface area contributed by atoms with Crippen LogP contribution in [0.5, 0.6) is 0 Å². The van der Waals surface area contributed by atoms with Crippen LogP contribution in [0.1, 0.15) is 123 Å². The number of ether oxygens (including phenoxy) is 1. The van der Waals surface area contributed by atoms with E-state index in [0.29, 0.717) is 6.42 Å². The van der Waals surface area contributed by atoms with Crippen LogP contribution in [0.4, 0.5) is 0 Å². The Morgan fingerprint density at radius 3 is 2.00 bits per heavy atom. The molecule has 38 heavy (non-hydrogen) atoms. The number of nitrogens with one attached hydrogen (secondary N) is 1. The first-order chi connectivity index (χ1) is 18.3. The fourth-order valence-electron chi connectivity index (χ4n) is 3.67. The van der Waals surface area contributed by atoms with Crippen molar-refractivity contribution in [2.45, 2.75) is 129 Å². The maximum absolute atomic E-state index is 11.9. The quantitative estimate of drug-likeness (QED) is 0.0455. The van der Waals surface area contributed by atoms with Crippen LogP contribution in [0.3, 0.4) is 0 Å². The van der Waals surface area contributed by atoms with Crippen LogP contribution in [-0.2, 0) is 27.9 Å². The number of carbonyl (C=O) groups excluding carboxylic acids is 2. The van der Waals surface area contributed by atoms with E-state index in [9.17, 15) is 24.2 Å². The number of phosphoric acid groups is 1. The van der Waals surface area contributed by atoms with Gasteiger partial charge in [-0.25, -0.2) is 4.57 Å². The van der Waals surface area contributed by atoms with Gasteiger partial charge in [-0.15, -0.1) is 0 Å². The predicted molar refractivity (Wildman–Crippen MR) is 151 cm³/mol. The topological polar surface area (TPSA) is 131 Å². The molecule has 0 saturated heterocycles. The molecule has 3 N–H and O–H groups in total. The maximum Gasteiger partial charge on any atom is 0.472 e. The summed E-state index contributed by atoms with van der Waals surface area (Å²) in [6, 6.07) is 0. The maximum atomic E-state index is 11.9. The number of aliphatic hydroxyl groups excluding tert-OH is 1. The molecule has 0 fully saturated rings. The highest BCUT2D eigenvalue weighted by Crippen LogP contribution is 2.42. The number of hydrogen-bond acceptors (Lipinski definition) is 7. The second-order valence-electron chi connectivity index (χ2n) is 9.72. The van der Waals surface area contributed by atoms with Crippen molar-refractivity contribution in [3.05, 3.63) is 12.2 Å². The Morgan fingerprint density at radius 2 is 1.34 bits per heavy atom. The van der Waals surface area contributed by atoms with Crippen LogP contribution >= 0.6 is 7.82 Å². The van der Waals surface area contributed by atoms with Crippen molar-refractivity contribution in [1.82, 2.24) is 5.32 Å². The van der Waals surface area contributed by atoms with Crippen LogP contribution in [0, 0.1) is 0 Å². The SMILES string of the molecule is CCCCCC/C=C\CCCCCCCC(=O)NCCOP(=O)(O)OCC(O)COC(=O)CCCCCC. The van der Waals surface area contributed by atoms with Gasteiger partial charge in [0.2, 0.25) is 5.91 Å². The molecule has 0 radical (unpaired) electrons. The Kier molecular flexibility index (Phi) is 25.1. The Bertz CT molecular complexity index is 659. The first-order valence-corrected chi connectivity index (χ1v) is 16.2. The van der Waals surface area contributed by atoms with Gasteiger partial charge in [-0.3, -0.25) is 18.6 Å². The van der Waals surface area contributed by atoms with Crippen molar-refractivity contribution in [1.29, 1.82) is 0 Å². The van der Waals surface area contributed by atoms with Gasteiger partial charge in [-0.2, -0.15) is 0 Å². The highest BCUT2D eigenvalue weighted by atomic mass is 31.2. The lowest BCUT2D eigenvalue weighted by molar-refractivity contribution is -0.147. The molecule has 0 aliphatic heterocycles. The molecule has 224 valence electrons. The summed E-state index contributed by atoms with van der Waals surface area (Å²) in [6.45, 7) is 3.35. The van der Waals surface area contributed by atoms with Gasteiger partial charge in [0.25, 0.3) is 0 Å². The molecule has 0 aliphatic carbocycles. The Labute approximate surface area is 230 Å². The van der Waals surface area contributed by atoms with E-state index in [4.69, 9.17) is 13.8 Å². The zero-order valence-electron chi connectivity index (χ0n) is 23.9. The summed E-state index contributed by atoms with van der Waals surface area (Å²) in [5.41, 5.74) is 0. The molecule has 0 aliphatic rings. The van der Waals surface area contributed by atoms with E-state index in [2.05, 4.69) is 31.3 Å². The third kappa shape index (κ3) is 26.4. The summed E-state index contributed by atoms with van der Waals surface area (Å²) in [7, 11) is -4.39. The van der Waals surface area contributed by atoms with Gasteiger partial charge in [0.1, 0.15) is 12.7 Å². The smallest absolute Gasteiger partial charge is 0.463 e. The molecule has 1 amide bonds. The summed E-state index contributed by atoms with van der Waals surface area (Å²) in [6.07, 6.45) is 20.6. The number of amides is 1. The predicted octanol–water partition coefficient (Wildman–Crippen LogP) is 6.37. The van der Waals surface area contributed by atoms with E-state index in [1.165, 1.54) is 38.5 Å². The number of aliphatic hydroxyl groups is 1. The molecule has 0 heterocycles. The highest BCUT2D eigenvalue weighted by molar-refractivity contribution is 7.47. The van der Waals surface area contributed by atoms with Gasteiger partial charge >= 0.3 is 13.8 Å². The summed E-state index contributed by atoms with van der Waals surface area (Å²) >= 11 is 0. The van der Waals surface area contributed by atoms with E-state index < -0.39 is 26.5 Å². The lowest BCUT2D eigenvalue weighted by Crippen LogP contribution is -2.27. The normalized spacial score (nSPS) is 13.9. The fraction of sp³-hybridized carbons (Fsp3) is 0.857. The minimum Gasteiger partial charge on any atom is -0.463 e. The lowest BCUT2D eigenvalue weighted by Gasteiger charge is -2.15. The molecule has 0 bridgehead atoms. The zero-order chi connectivity index (χ0) is 28.3. The number of phosphoric ester groups is 1. The number of unbranched alkanes of at least 4 members (excludes halogenated alkanes) is 12. The third-order valence-corrected chi connectivity index (χ3v) is 6.93. The van der Waals surface area contributed by atoms with Crippen LogP contribution in [-0.4, -0.2) is 54.3 Å². The molecular formula is C28H54NO8P. The van der Waals surface area contributed by atoms with E-state index >= 15 is 0 Å². The second kappa shape index (κ2) is 26.0. The van der Waals surface area contributed by atoms with Crippen molar-refractivity contribution in [3.8, 4) is 0 Å². The average Bonchev–Trinajstić information content (AvgIpc) is 2.89. The number of carbonyl (C=O) groups is 2. The van der Waals surface area contributed by atoms with E-state index in [-0.39, 0.29) is 32.1 Å². The molecule has 2 unspecified atom stereocenters. The summed E-state index contributed by atoms with van der Waals surface area (Å²) in [5, 5.41) is 12.4. The van der Waals surface area contributed by atoms with Crippen LogP contribution in [0.15, 0.2) is 12.2 Å². The van der Waals surface area contributed by atoms with Gasteiger partial charge in [-0.1, -0.05) is 83.8 Å². The summed E-state index contributed by atoms with van der Waals surface area (Å²) in [5.74, 6) is -0.546. The van der Waals surface area contributed by atoms with Gasteiger partial charge < -0.3 is 20.1 Å². The fourth-order valence-corrected chi connectivity index (χ4v) is 4.42. The zero-order valence-corrected chi connectivity index (χ0v) is 24.8. The Morgan fingerprint density at radius 1 is 0.789 bits per heavy atom. The molecule has 0 aromatic carbocycles. The van der Waals surface area contributed by atoms with Crippen molar-refractivity contribution in [3.63, 3.8) is 0 Å². The van der Waals surface area contributed by atoms with Crippen molar-refractivity contribution >= 4 is 19.7 Å². The van der Waals surface area contributed by atoms with E-state index in [1.54, 1.807) is 0 Å². The minimum absolute atomic E-state index is 0.0791. The molecule has 0 rings (SSSR count). The molecule has 9 nitrogen and oxygen atoms in total. The molecular weight excluding hydrogens is 509 g/mol. The number of allylic oxidation sites excluding steroid dienone is 2. The average molecular weight is 564 g/mol. The van der Waals surface area contributed by atoms with Gasteiger partial charge in [0, 0.05) is 19.4 Å². The summed E-state index contributed by atoms with van der Waals surface area (Å²) < 4.78 is 26.3. The Balaban J connectivity index is 3.65. The lowest BCUT2D eigenvalue weighted by atomic mass is 10.1. The monoisotopic (exact) mass is 563 g/mol. The minimum atomic E-state index is -4.39. The highest BCUT2D eigenvalue weighted by Gasteiger charge is 2.23. The molecule has 0 aromatic heterocycles. The number of esters is 1. The molecule has 0 saturated carbocycles. The van der Waals surface area contributed by atoms with Gasteiger partial charge in [0.05, 0.1) is 13.2 Å². The molecule has 10 heteroatoms. The van der Waals surface area contributed by atoms with E-state index in [0.717, 1.165) is 57.8 Å². The first-order valence-electron chi connectivity index (χ1n) is 14.7. The second-order valence-corrected chi connectivity index (χ2v) is 11.2. The van der Waals surface area contributed by atoms with Crippen LogP contribution in [0.25, 0.3) is 0 Å². The van der Waals surface area contributed by atoms with Crippen molar-refractivity contribution in [2.24, 2.45) is 0 Å². The first kappa shape index (κ1) is 36.8. The Hall–Kier alpha value is -1.25. The van der Waals surface area contributed by atoms with Crippen LogP contribution < -0.4 is 5.32 Å². The van der Waals surface area contributed by atoms with Gasteiger partial charge in [-0.05, 0) is 38.5 Å². The van der Waals surface area contributed by atoms with Gasteiger partial charge in [0.15, 0.2) is 0 Å². The van der Waals surface area contributed by atoms with E-state index in [1.807, 2.05) is 0 Å². The van der Waals surface area contributed by atoms with Crippen molar-refractivity contribution < 1.29 is 37.9 Å². The number of hydrogen-bond donors (Lipinski definition) is 3. The third-order valence-electron chi connectivity index (χ3n) is 5.95. The molecule has 0 aromatic rings. The number of rotatable bonds is 27. The molecule has 2 atom stereocenters. The standard InChI is InChI=1S/C28H54NO8P/c1-3-5-7-9-10-11-12-13-14-15-16-17-18-20-27(31)29-22-23-36-38(33,34)37-25-26(30)24-35-28(32)21-19-8-6-4-2/h11-12,26,30H,3-10,13-25H2,1-2H3,(H,29,31)(H,33,34)/b12-11-. The van der Waals surface area contributed by atoms with Crippen molar-refractivity contribution in [2.75, 3.05) is 26.4 Å². The molecule has 0 spiro atoms. The van der Waals surface area contributed by atoms with Crippen LogP contribution in [0.2, 0.25) is 0 Å². The summed E-state index contributed by atoms with van der Waals surface area (Å²) in [4.78, 5) is 33.2. The largest absolute Gasteiger partial charge is 0.472 e.